The molecule has 0 radical (unpaired) electrons. The van der Waals surface area contributed by atoms with Crippen molar-refractivity contribution in [2.24, 2.45) is 11.8 Å². The van der Waals surface area contributed by atoms with E-state index in [-0.39, 0.29) is 21.9 Å². The maximum atomic E-state index is 6.67. The van der Waals surface area contributed by atoms with Gasteiger partial charge in [0.05, 0.1) is 0 Å². The number of hydrogen-bond donors (Lipinski definition) is 0. The van der Waals surface area contributed by atoms with Crippen LogP contribution >= 0.6 is 0 Å². The third-order valence-electron chi connectivity index (χ3n) is 14.8. The Morgan fingerprint density at radius 3 is 1.22 bits per heavy atom. The summed E-state index contributed by atoms with van der Waals surface area (Å²) < 4.78 is 13.3. The van der Waals surface area contributed by atoms with E-state index in [0.717, 1.165) is 24.3 Å². The Bertz CT molecular complexity index is 2420. The second-order valence-corrected chi connectivity index (χ2v) is 30.4. The third-order valence-corrected chi connectivity index (χ3v) is 23.5. The van der Waals surface area contributed by atoms with Crippen molar-refractivity contribution in [3.8, 4) is 11.5 Å². The van der Waals surface area contributed by atoms with Gasteiger partial charge < -0.3 is 8.85 Å². The normalized spacial score (nSPS) is 21.9. The average molecular weight is 827 g/mol. The van der Waals surface area contributed by atoms with E-state index in [1.54, 1.807) is 0 Å². The van der Waals surface area contributed by atoms with Crippen LogP contribution in [0.2, 0.25) is 36.3 Å². The number of rotatable bonds is 9. The Balaban J connectivity index is 1.01. The molecule has 4 heteroatoms. The van der Waals surface area contributed by atoms with Crippen LogP contribution in [0.5, 0.6) is 11.5 Å². The van der Waals surface area contributed by atoms with Gasteiger partial charge >= 0.3 is 0 Å². The molecule has 8 rings (SSSR count). The molecular formula is C56H66O2Si2. The van der Waals surface area contributed by atoms with E-state index in [0.29, 0.717) is 11.8 Å². The first kappa shape index (κ1) is 42.1. The molecule has 310 valence electrons. The van der Waals surface area contributed by atoms with Gasteiger partial charge in [-0.3, -0.25) is 0 Å². The molecule has 0 amide bonds. The summed E-state index contributed by atoms with van der Waals surface area (Å²) in [7, 11) is -3.83. The molecule has 4 aliphatic carbocycles. The highest BCUT2D eigenvalue weighted by atomic mass is 28.4. The van der Waals surface area contributed by atoms with Gasteiger partial charge in [-0.15, -0.1) is 0 Å². The van der Waals surface area contributed by atoms with Crippen LogP contribution in [-0.2, 0) is 0 Å². The molecule has 4 atom stereocenters. The summed E-state index contributed by atoms with van der Waals surface area (Å²) in [6.45, 7) is 27.8. The van der Waals surface area contributed by atoms with E-state index in [2.05, 4.69) is 215 Å². The van der Waals surface area contributed by atoms with E-state index in [9.17, 15) is 0 Å². The van der Waals surface area contributed by atoms with Gasteiger partial charge in [0.2, 0.25) is 16.6 Å². The van der Waals surface area contributed by atoms with Crippen LogP contribution in [0.1, 0.15) is 91.2 Å². The van der Waals surface area contributed by atoms with Crippen molar-refractivity contribution >= 4 is 38.2 Å². The third kappa shape index (κ3) is 8.10. The molecule has 2 nitrogen and oxygen atoms in total. The number of hydrogen-bond acceptors (Lipinski definition) is 2. The molecule has 0 saturated carbocycles. The fourth-order valence-electron chi connectivity index (χ4n) is 9.17. The van der Waals surface area contributed by atoms with E-state index in [1.165, 1.54) is 66.1 Å². The van der Waals surface area contributed by atoms with Gasteiger partial charge in [-0.25, -0.2) is 0 Å². The van der Waals surface area contributed by atoms with E-state index in [1.807, 2.05) is 0 Å². The molecule has 4 aliphatic rings. The zero-order chi connectivity index (χ0) is 42.8. The van der Waals surface area contributed by atoms with Crippen molar-refractivity contribution in [3.63, 3.8) is 0 Å². The largest absolute Gasteiger partial charge is 0.543 e. The first-order chi connectivity index (χ1) is 28.3. The van der Waals surface area contributed by atoms with Gasteiger partial charge in [-0.05, 0) is 142 Å². The molecule has 60 heavy (non-hydrogen) atoms. The molecular weight excluding hydrogens is 761 g/mol. The molecule has 4 aromatic carbocycles. The summed E-state index contributed by atoms with van der Waals surface area (Å²) in [4.78, 5) is 0. The zero-order valence-corrected chi connectivity index (χ0v) is 40.2. The van der Waals surface area contributed by atoms with Crippen molar-refractivity contribution < 1.29 is 8.85 Å². The smallest absolute Gasteiger partial charge is 0.250 e. The topological polar surface area (TPSA) is 18.5 Å². The Kier molecular flexibility index (Phi) is 11.0. The van der Waals surface area contributed by atoms with Gasteiger partial charge in [0.1, 0.15) is 11.5 Å². The van der Waals surface area contributed by atoms with Crippen molar-refractivity contribution in [1.82, 2.24) is 0 Å². The van der Waals surface area contributed by atoms with E-state index < -0.39 is 16.6 Å². The monoisotopic (exact) mass is 826 g/mol. The first-order valence-electron chi connectivity index (χ1n) is 22.3. The Labute approximate surface area is 363 Å². The van der Waals surface area contributed by atoms with Gasteiger partial charge in [-0.2, -0.15) is 0 Å². The standard InChI is InChI=1S/C56H66O2Si2/c1-37-31-53-49(43-23-21-41-35-45(27-25-39(41)33-43)57-59(9,10)55(3,4)5)17-13-15-19-51(53)47(37)29-30-48-38(2)32-54-50(18-14-16-20-52(48)54)44-24-22-42-36-46(28-26-40(42)34-44)58-60(11,12)56(6,7)8/h13-28,31-36,47-50H,29-30H2,1-12H3. The van der Waals surface area contributed by atoms with E-state index in [4.69, 9.17) is 8.85 Å². The summed E-state index contributed by atoms with van der Waals surface area (Å²) in [5.74, 6) is 3.25. The maximum Gasteiger partial charge on any atom is 0.250 e. The number of fused-ring (bicyclic) bond motifs is 2. The van der Waals surface area contributed by atoms with Gasteiger partial charge in [0, 0.05) is 23.7 Å². The van der Waals surface area contributed by atoms with Crippen LogP contribution in [0, 0.1) is 11.8 Å². The Morgan fingerprint density at radius 1 is 0.467 bits per heavy atom. The van der Waals surface area contributed by atoms with Gasteiger partial charge in [0.25, 0.3) is 0 Å². The molecule has 0 spiro atoms. The van der Waals surface area contributed by atoms with Crippen molar-refractivity contribution in [2.75, 3.05) is 0 Å². The zero-order valence-electron chi connectivity index (χ0n) is 38.2. The highest BCUT2D eigenvalue weighted by Crippen LogP contribution is 2.49. The van der Waals surface area contributed by atoms with Gasteiger partial charge in [-0.1, -0.05) is 162 Å². The van der Waals surface area contributed by atoms with Crippen LogP contribution < -0.4 is 8.85 Å². The highest BCUT2D eigenvalue weighted by Gasteiger charge is 2.40. The van der Waals surface area contributed by atoms with Crippen molar-refractivity contribution in [2.45, 2.75) is 116 Å². The maximum absolute atomic E-state index is 6.67. The molecule has 0 heterocycles. The Hall–Kier alpha value is -4.65. The summed E-state index contributed by atoms with van der Waals surface area (Å²) in [6.07, 6.45) is 25.8. The van der Waals surface area contributed by atoms with Crippen molar-refractivity contribution in [3.05, 3.63) is 178 Å². The lowest BCUT2D eigenvalue weighted by Gasteiger charge is -2.36. The molecule has 0 saturated heterocycles. The molecule has 4 unspecified atom stereocenters. The number of benzene rings is 4. The summed E-state index contributed by atoms with van der Waals surface area (Å²) >= 11 is 0. The lowest BCUT2D eigenvalue weighted by molar-refractivity contribution is 0.492. The molecule has 4 aromatic rings. The summed E-state index contributed by atoms with van der Waals surface area (Å²) in [5.41, 5.74) is 11.5. The first-order valence-corrected chi connectivity index (χ1v) is 28.1. The minimum absolute atomic E-state index is 0.160. The molecule has 0 N–H and O–H groups in total. The molecule has 0 aliphatic heterocycles. The fraction of sp³-hybridized carbons (Fsp3) is 0.357. The Morgan fingerprint density at radius 2 is 0.833 bits per heavy atom. The quantitative estimate of drug-likeness (QED) is 0.157. The fourth-order valence-corrected chi connectivity index (χ4v) is 11.2. The second-order valence-electron chi connectivity index (χ2n) is 21.0. The van der Waals surface area contributed by atoms with Crippen molar-refractivity contribution in [1.29, 1.82) is 0 Å². The van der Waals surface area contributed by atoms with Crippen LogP contribution in [0.15, 0.2) is 167 Å². The second kappa shape index (κ2) is 15.7. The summed E-state index contributed by atoms with van der Waals surface area (Å²) in [6, 6.07) is 27.3. The average Bonchev–Trinajstić information content (AvgIpc) is 3.44. The highest BCUT2D eigenvalue weighted by molar-refractivity contribution is 6.75. The van der Waals surface area contributed by atoms with Crippen LogP contribution in [0.25, 0.3) is 21.5 Å². The van der Waals surface area contributed by atoms with Crippen LogP contribution in [0.4, 0.5) is 0 Å². The van der Waals surface area contributed by atoms with Crippen LogP contribution in [0.3, 0.4) is 0 Å². The molecule has 0 bridgehead atoms. The SMILES string of the molecule is CC1=CC2=C(C=CC=CC2c2ccc3cc(O[Si](C)(C)C(C)(C)C)ccc3c2)C1CCC1C(C)=CC2=C1C=CC=CC2c1ccc2cc(O[Si](C)(C)C(C)(C)C)ccc2c1. The minimum atomic E-state index is -1.91. The lowest BCUT2D eigenvalue weighted by Crippen LogP contribution is -2.43. The number of allylic oxidation sites excluding steroid dienone is 16. The summed E-state index contributed by atoms with van der Waals surface area (Å²) in [5, 5.41) is 5.31. The predicted molar refractivity (Wildman–Crippen MR) is 263 cm³/mol. The molecule has 0 fully saturated rings. The van der Waals surface area contributed by atoms with Gasteiger partial charge in [0.15, 0.2) is 0 Å². The predicted octanol–water partition coefficient (Wildman–Crippen LogP) is 16.4. The van der Waals surface area contributed by atoms with Crippen LogP contribution in [-0.4, -0.2) is 16.6 Å². The molecule has 0 aromatic heterocycles. The minimum Gasteiger partial charge on any atom is -0.543 e. The lowest BCUT2D eigenvalue weighted by atomic mass is 9.82. The van der Waals surface area contributed by atoms with E-state index >= 15 is 0 Å².